The van der Waals surface area contributed by atoms with Crippen LogP contribution in [0.5, 0.6) is 0 Å². The summed E-state index contributed by atoms with van der Waals surface area (Å²) >= 11 is 5.99. The quantitative estimate of drug-likeness (QED) is 0.557. The topological polar surface area (TPSA) is 53.6 Å². The maximum Gasteiger partial charge on any atom is 0.128 e. The van der Waals surface area contributed by atoms with Crippen LogP contribution in [0.4, 0.5) is 5.69 Å². The summed E-state index contributed by atoms with van der Waals surface area (Å²) in [6.45, 7) is 14.5. The van der Waals surface area contributed by atoms with Gasteiger partial charge in [0.15, 0.2) is 0 Å². The lowest BCUT2D eigenvalue weighted by Gasteiger charge is -2.13. The van der Waals surface area contributed by atoms with Crippen molar-refractivity contribution >= 4 is 40.8 Å². The monoisotopic (exact) mass is 422 g/mol. The second-order valence-corrected chi connectivity index (χ2v) is 7.75. The Morgan fingerprint density at radius 1 is 1.30 bits per heavy atom. The van der Waals surface area contributed by atoms with Crippen molar-refractivity contribution < 1.29 is 5.11 Å². The van der Waals surface area contributed by atoms with Crippen molar-refractivity contribution in [2.75, 3.05) is 11.6 Å². The van der Waals surface area contributed by atoms with Crippen LogP contribution in [0.3, 0.4) is 0 Å². The molecule has 1 aromatic carbocycles. The van der Waals surface area contributed by atoms with Crippen molar-refractivity contribution in [3.63, 3.8) is 0 Å². The number of aryl methyl sites for hydroxylation is 1. The summed E-state index contributed by atoms with van der Waals surface area (Å²) in [5, 5.41) is 23.0. The highest BCUT2D eigenvalue weighted by Gasteiger charge is 2.14. The van der Waals surface area contributed by atoms with E-state index in [0.29, 0.717) is 5.17 Å². The summed E-state index contributed by atoms with van der Waals surface area (Å²) in [4.78, 5) is 0. The summed E-state index contributed by atoms with van der Waals surface area (Å²) in [5.41, 5.74) is 3.79. The van der Waals surface area contributed by atoms with Gasteiger partial charge in [0.1, 0.15) is 5.17 Å². The fourth-order valence-corrected chi connectivity index (χ4v) is 3.41. The number of benzene rings is 1. The van der Waals surface area contributed by atoms with Crippen molar-refractivity contribution in [3.05, 3.63) is 76.7 Å². The van der Waals surface area contributed by atoms with Gasteiger partial charge in [0.25, 0.3) is 0 Å². The van der Waals surface area contributed by atoms with Crippen LogP contribution in [0.1, 0.15) is 31.5 Å². The van der Waals surface area contributed by atoms with Crippen molar-refractivity contribution in [1.29, 1.82) is 0 Å². The smallest absolute Gasteiger partial charge is 0.128 e. The second kappa shape index (κ2) is 9.18. The van der Waals surface area contributed by atoms with E-state index in [-0.39, 0.29) is 11.7 Å². The van der Waals surface area contributed by atoms with E-state index in [0.717, 1.165) is 46.2 Å². The summed E-state index contributed by atoms with van der Waals surface area (Å²) in [6, 6.07) is 8.17. The molecule has 0 spiro atoms. The van der Waals surface area contributed by atoms with Crippen molar-refractivity contribution in [1.82, 2.24) is 9.78 Å². The van der Waals surface area contributed by atoms with Crippen LogP contribution >= 0.6 is 11.6 Å². The highest BCUT2D eigenvalue weighted by molar-refractivity contribution is 6.65. The van der Waals surface area contributed by atoms with E-state index in [1.807, 2.05) is 68.3 Å². The van der Waals surface area contributed by atoms with E-state index >= 15 is 0 Å². The van der Waals surface area contributed by atoms with Crippen LogP contribution < -0.4 is 15.6 Å². The number of hydrogen-bond donors (Lipinski definition) is 1. The molecule has 6 heteroatoms. The first kappa shape index (κ1) is 21.7. The van der Waals surface area contributed by atoms with Crippen LogP contribution in [0.25, 0.3) is 18.4 Å². The number of anilines is 1. The third kappa shape index (κ3) is 4.74. The van der Waals surface area contributed by atoms with Gasteiger partial charge in [-0.15, -0.1) is 0 Å². The SMILES string of the molecule is C=C(O)C(C)/C=C(\C=C/C)n1nc(C)/c(=C/c2ccc(N3CCC(Cl)=N3)cc2)c1=C. The van der Waals surface area contributed by atoms with E-state index in [2.05, 4.69) is 29.4 Å². The molecule has 1 atom stereocenters. The van der Waals surface area contributed by atoms with Gasteiger partial charge in [-0.3, -0.25) is 5.01 Å². The van der Waals surface area contributed by atoms with Gasteiger partial charge < -0.3 is 5.11 Å². The molecule has 30 heavy (non-hydrogen) atoms. The lowest BCUT2D eigenvalue weighted by Crippen LogP contribution is -2.28. The average Bonchev–Trinajstić information content (AvgIpc) is 3.26. The first-order valence-corrected chi connectivity index (χ1v) is 10.3. The molecule has 156 valence electrons. The number of allylic oxidation sites excluding steroid dienone is 4. The Morgan fingerprint density at radius 3 is 2.57 bits per heavy atom. The molecule has 0 saturated carbocycles. The number of hydrazone groups is 1. The zero-order chi connectivity index (χ0) is 21.8. The zero-order valence-corrected chi connectivity index (χ0v) is 18.4. The Morgan fingerprint density at radius 2 is 2.00 bits per heavy atom. The minimum absolute atomic E-state index is 0.113. The molecule has 0 fully saturated rings. The molecule has 1 N–H and O–H groups in total. The number of aromatic nitrogens is 2. The first-order valence-electron chi connectivity index (χ1n) is 9.89. The predicted octanol–water partition coefficient (Wildman–Crippen LogP) is 4.32. The summed E-state index contributed by atoms with van der Waals surface area (Å²) in [7, 11) is 0. The summed E-state index contributed by atoms with van der Waals surface area (Å²) in [5.74, 6) is -0.0798. The molecule has 1 aliphatic heterocycles. The molecule has 1 aromatic heterocycles. The fourth-order valence-electron chi connectivity index (χ4n) is 3.23. The lowest BCUT2D eigenvalue weighted by molar-refractivity contribution is 0.368. The van der Waals surface area contributed by atoms with Crippen molar-refractivity contribution in [2.24, 2.45) is 11.0 Å². The number of halogens is 1. The van der Waals surface area contributed by atoms with Gasteiger partial charge in [-0.1, -0.05) is 49.9 Å². The summed E-state index contributed by atoms with van der Waals surface area (Å²) in [6.07, 6.45) is 8.66. The van der Waals surface area contributed by atoms with Crippen LogP contribution in [-0.4, -0.2) is 26.6 Å². The molecular weight excluding hydrogens is 396 g/mol. The number of hydrogen-bond acceptors (Lipinski definition) is 4. The molecule has 0 amide bonds. The molecule has 1 aliphatic rings. The molecule has 5 nitrogen and oxygen atoms in total. The molecule has 0 bridgehead atoms. The van der Waals surface area contributed by atoms with Gasteiger partial charge in [0, 0.05) is 24.1 Å². The third-order valence-corrected chi connectivity index (χ3v) is 5.26. The average molecular weight is 423 g/mol. The number of rotatable bonds is 6. The van der Waals surface area contributed by atoms with E-state index < -0.39 is 0 Å². The molecule has 2 heterocycles. The van der Waals surface area contributed by atoms with E-state index in [9.17, 15) is 5.11 Å². The van der Waals surface area contributed by atoms with Gasteiger partial charge in [-0.2, -0.15) is 10.2 Å². The van der Waals surface area contributed by atoms with Crippen molar-refractivity contribution in [3.8, 4) is 0 Å². The van der Waals surface area contributed by atoms with Gasteiger partial charge in [0.2, 0.25) is 0 Å². The predicted molar refractivity (Wildman–Crippen MR) is 127 cm³/mol. The Bertz CT molecular complexity index is 1140. The zero-order valence-electron chi connectivity index (χ0n) is 17.6. The second-order valence-electron chi connectivity index (χ2n) is 7.31. The maximum absolute atomic E-state index is 9.69. The minimum atomic E-state index is -0.193. The Labute approximate surface area is 182 Å². The van der Waals surface area contributed by atoms with Gasteiger partial charge in [-0.05, 0) is 49.8 Å². The number of aliphatic hydroxyl groups excluding tert-OH is 1. The van der Waals surface area contributed by atoms with E-state index in [1.54, 1.807) is 4.68 Å². The molecule has 0 aliphatic carbocycles. The Hall–Kier alpha value is -3.05. The molecule has 3 rings (SSSR count). The Balaban J connectivity index is 1.98. The molecular formula is C24H27ClN4O. The highest BCUT2D eigenvalue weighted by atomic mass is 35.5. The molecule has 0 saturated heterocycles. The Kier molecular flexibility index (Phi) is 6.63. The third-order valence-electron chi connectivity index (χ3n) is 5.00. The molecule has 2 aromatic rings. The van der Waals surface area contributed by atoms with E-state index in [4.69, 9.17) is 11.6 Å². The number of nitrogens with zero attached hydrogens (tertiary/aromatic N) is 4. The van der Waals surface area contributed by atoms with Crippen LogP contribution in [0.15, 0.2) is 59.9 Å². The minimum Gasteiger partial charge on any atom is -0.512 e. The largest absolute Gasteiger partial charge is 0.512 e. The normalized spacial score (nSPS) is 16.4. The van der Waals surface area contributed by atoms with E-state index in [1.165, 1.54) is 0 Å². The van der Waals surface area contributed by atoms with Crippen molar-refractivity contribution in [2.45, 2.75) is 27.2 Å². The van der Waals surface area contributed by atoms with Crippen LogP contribution in [0.2, 0.25) is 0 Å². The van der Waals surface area contributed by atoms with Gasteiger partial charge >= 0.3 is 0 Å². The fraction of sp³-hybridized carbons (Fsp3) is 0.250. The van der Waals surface area contributed by atoms with Gasteiger partial charge in [-0.25, -0.2) is 4.68 Å². The van der Waals surface area contributed by atoms with Crippen LogP contribution in [0, 0.1) is 12.8 Å². The van der Waals surface area contributed by atoms with Crippen LogP contribution in [-0.2, 0) is 0 Å². The number of aliphatic hydroxyl groups is 1. The molecule has 1 unspecified atom stereocenters. The summed E-state index contributed by atoms with van der Waals surface area (Å²) < 4.78 is 1.80. The maximum atomic E-state index is 9.69. The highest BCUT2D eigenvalue weighted by Crippen LogP contribution is 2.21. The standard InChI is InChI=1S/C24H27ClN4O/c1-6-7-22(14-16(2)19(5)30)29-18(4)23(17(3)26-29)15-20-8-10-21(11-9-20)28-13-12-24(25)27-28/h6-11,14-16,30H,4-5,12-13H2,1-3H3/b7-6-,22-14+,23-15-. The lowest BCUT2D eigenvalue weighted by atomic mass is 10.1. The first-order chi connectivity index (χ1) is 14.3. The molecule has 0 radical (unpaired) electrons. The van der Waals surface area contributed by atoms with Gasteiger partial charge in [0.05, 0.1) is 28.2 Å².